The van der Waals surface area contributed by atoms with Crippen molar-refractivity contribution in [2.45, 2.75) is 11.8 Å². The van der Waals surface area contributed by atoms with E-state index in [1.165, 1.54) is 23.5 Å². The highest BCUT2D eigenvalue weighted by Gasteiger charge is 2.28. The van der Waals surface area contributed by atoms with E-state index in [2.05, 4.69) is 5.32 Å². The van der Waals surface area contributed by atoms with Gasteiger partial charge in [0.15, 0.2) is 0 Å². The Hall–Kier alpha value is -2.47. The molecule has 11 heteroatoms. The van der Waals surface area contributed by atoms with Gasteiger partial charge < -0.3 is 10.1 Å². The lowest BCUT2D eigenvalue weighted by Gasteiger charge is -2.26. The van der Waals surface area contributed by atoms with Crippen molar-refractivity contribution in [3.63, 3.8) is 0 Å². The van der Waals surface area contributed by atoms with Crippen LogP contribution in [-0.2, 0) is 24.8 Å². The minimum absolute atomic E-state index is 0.0765. The van der Waals surface area contributed by atoms with Gasteiger partial charge >= 0.3 is 0 Å². The van der Waals surface area contributed by atoms with E-state index >= 15 is 0 Å². The lowest BCUT2D eigenvalue weighted by molar-refractivity contribution is 0.0730. The Bertz CT molecular complexity index is 1190. The van der Waals surface area contributed by atoms with Gasteiger partial charge in [-0.25, -0.2) is 16.8 Å². The van der Waals surface area contributed by atoms with Crippen molar-refractivity contribution in [1.82, 2.24) is 4.31 Å². The quantitative estimate of drug-likeness (QED) is 0.691. The Labute approximate surface area is 182 Å². The third-order valence-corrected chi connectivity index (χ3v) is 8.25. The predicted octanol–water partition coefficient (Wildman–Crippen LogP) is 1.66. The zero-order valence-electron chi connectivity index (χ0n) is 17.5. The Morgan fingerprint density at radius 1 is 1.06 bits per heavy atom. The van der Waals surface area contributed by atoms with Crippen molar-refractivity contribution in [1.29, 1.82) is 0 Å². The number of carbonyl (C=O) groups is 1. The van der Waals surface area contributed by atoms with Crippen molar-refractivity contribution >= 4 is 37.3 Å². The van der Waals surface area contributed by atoms with Crippen molar-refractivity contribution in [3.8, 4) is 0 Å². The van der Waals surface area contributed by atoms with Crippen LogP contribution in [-0.4, -0.2) is 66.7 Å². The first-order valence-corrected chi connectivity index (χ1v) is 12.8. The van der Waals surface area contributed by atoms with E-state index in [0.717, 1.165) is 10.6 Å². The molecule has 0 spiro atoms. The number of anilines is 2. The summed E-state index contributed by atoms with van der Waals surface area (Å²) in [7, 11) is -5.79. The number of hydrogen-bond donors (Lipinski definition) is 1. The Morgan fingerprint density at radius 3 is 2.39 bits per heavy atom. The van der Waals surface area contributed by atoms with Crippen molar-refractivity contribution in [2.75, 3.05) is 49.2 Å². The van der Waals surface area contributed by atoms with Gasteiger partial charge in [-0.2, -0.15) is 4.31 Å². The second kappa shape index (κ2) is 8.95. The van der Waals surface area contributed by atoms with E-state index in [0.29, 0.717) is 30.2 Å². The van der Waals surface area contributed by atoms with Crippen LogP contribution < -0.4 is 9.62 Å². The summed E-state index contributed by atoms with van der Waals surface area (Å²) >= 11 is 0. The number of sulfonamides is 2. The summed E-state index contributed by atoms with van der Waals surface area (Å²) in [6.45, 7) is 2.87. The van der Waals surface area contributed by atoms with E-state index < -0.39 is 26.0 Å². The highest BCUT2D eigenvalue weighted by molar-refractivity contribution is 7.92. The van der Waals surface area contributed by atoms with Crippen LogP contribution in [0, 0.1) is 6.92 Å². The number of nitrogens with zero attached hydrogens (tertiary/aromatic N) is 2. The van der Waals surface area contributed by atoms with Crippen LogP contribution in [0.4, 0.5) is 11.4 Å². The van der Waals surface area contributed by atoms with Crippen molar-refractivity contribution < 1.29 is 26.4 Å². The maximum absolute atomic E-state index is 13.0. The van der Waals surface area contributed by atoms with Gasteiger partial charge in [0.05, 0.1) is 30.1 Å². The summed E-state index contributed by atoms with van der Waals surface area (Å²) in [6, 6.07) is 10.9. The minimum Gasteiger partial charge on any atom is -0.379 e. The van der Waals surface area contributed by atoms with Crippen LogP contribution in [0.25, 0.3) is 0 Å². The SMILES string of the molecule is Cc1ccc(C(=O)Nc2cccc(N(C)S(C)(=O)=O)c2)cc1S(=O)(=O)N1CCOCC1. The monoisotopic (exact) mass is 467 g/mol. The third kappa shape index (κ3) is 5.24. The van der Waals surface area contributed by atoms with Crippen LogP contribution in [0.2, 0.25) is 0 Å². The number of benzene rings is 2. The molecule has 31 heavy (non-hydrogen) atoms. The first kappa shape index (κ1) is 23.2. The number of rotatable bonds is 6. The van der Waals surface area contributed by atoms with Gasteiger partial charge in [0.1, 0.15) is 0 Å². The molecule has 2 aromatic rings. The van der Waals surface area contributed by atoms with Gasteiger partial charge in [0.25, 0.3) is 5.91 Å². The molecular formula is C20H25N3O6S2. The highest BCUT2D eigenvalue weighted by atomic mass is 32.2. The molecule has 0 bridgehead atoms. The normalized spacial score (nSPS) is 15.5. The highest BCUT2D eigenvalue weighted by Crippen LogP contribution is 2.24. The minimum atomic E-state index is -3.76. The summed E-state index contributed by atoms with van der Waals surface area (Å²) in [5.41, 5.74) is 1.50. The van der Waals surface area contributed by atoms with Crippen LogP contribution in [0.1, 0.15) is 15.9 Å². The number of nitrogens with one attached hydrogen (secondary N) is 1. The van der Waals surface area contributed by atoms with Crippen molar-refractivity contribution in [3.05, 3.63) is 53.6 Å². The maximum Gasteiger partial charge on any atom is 0.255 e. The number of amides is 1. The van der Waals surface area contributed by atoms with Gasteiger partial charge in [-0.15, -0.1) is 0 Å². The molecule has 1 fully saturated rings. The van der Waals surface area contributed by atoms with Gasteiger partial charge in [0.2, 0.25) is 20.0 Å². The second-order valence-corrected chi connectivity index (χ2v) is 11.2. The van der Waals surface area contributed by atoms with E-state index in [1.54, 1.807) is 37.3 Å². The van der Waals surface area contributed by atoms with E-state index in [9.17, 15) is 21.6 Å². The molecule has 2 aromatic carbocycles. The fourth-order valence-electron chi connectivity index (χ4n) is 3.12. The predicted molar refractivity (Wildman–Crippen MR) is 118 cm³/mol. The molecule has 1 amide bonds. The first-order chi connectivity index (χ1) is 14.5. The zero-order valence-corrected chi connectivity index (χ0v) is 19.2. The van der Waals surface area contributed by atoms with Crippen LogP contribution in [0.5, 0.6) is 0 Å². The van der Waals surface area contributed by atoms with Gasteiger partial charge in [-0.1, -0.05) is 12.1 Å². The molecule has 1 heterocycles. The molecule has 1 saturated heterocycles. The average molecular weight is 468 g/mol. The molecule has 0 saturated carbocycles. The molecule has 0 aromatic heterocycles. The molecule has 0 atom stereocenters. The lowest BCUT2D eigenvalue weighted by Crippen LogP contribution is -2.40. The number of aryl methyl sites for hydroxylation is 1. The summed E-state index contributed by atoms with van der Waals surface area (Å²) in [6.07, 6.45) is 1.08. The van der Waals surface area contributed by atoms with E-state index in [4.69, 9.17) is 4.74 Å². The Kier molecular flexibility index (Phi) is 6.70. The molecule has 9 nitrogen and oxygen atoms in total. The molecule has 1 N–H and O–H groups in total. The van der Waals surface area contributed by atoms with Crippen LogP contribution in [0.3, 0.4) is 0 Å². The van der Waals surface area contributed by atoms with Crippen LogP contribution >= 0.6 is 0 Å². The largest absolute Gasteiger partial charge is 0.379 e. The second-order valence-electron chi connectivity index (χ2n) is 7.23. The fraction of sp³-hybridized carbons (Fsp3) is 0.350. The van der Waals surface area contributed by atoms with E-state index in [1.807, 2.05) is 0 Å². The lowest BCUT2D eigenvalue weighted by atomic mass is 10.1. The molecule has 168 valence electrons. The van der Waals surface area contributed by atoms with Gasteiger partial charge in [-0.05, 0) is 42.8 Å². The summed E-state index contributed by atoms with van der Waals surface area (Å²) < 4.78 is 57.2. The average Bonchev–Trinajstić information content (AvgIpc) is 2.73. The summed E-state index contributed by atoms with van der Waals surface area (Å²) in [5.74, 6) is -0.502. The van der Waals surface area contributed by atoms with Crippen molar-refractivity contribution in [2.24, 2.45) is 0 Å². The number of carbonyl (C=O) groups excluding carboxylic acids is 1. The zero-order chi connectivity index (χ0) is 22.8. The Balaban J connectivity index is 1.86. The summed E-state index contributed by atoms with van der Waals surface area (Å²) in [4.78, 5) is 12.9. The molecule has 0 radical (unpaired) electrons. The van der Waals surface area contributed by atoms with E-state index in [-0.39, 0.29) is 23.5 Å². The number of ether oxygens (including phenoxy) is 1. The molecule has 3 rings (SSSR count). The number of hydrogen-bond acceptors (Lipinski definition) is 6. The molecule has 1 aliphatic rings. The molecule has 0 unspecified atom stereocenters. The molecule has 1 aliphatic heterocycles. The first-order valence-electron chi connectivity index (χ1n) is 9.54. The fourth-order valence-corrected chi connectivity index (χ4v) is 5.27. The van der Waals surface area contributed by atoms with Gasteiger partial charge in [0, 0.05) is 31.4 Å². The number of morpholine rings is 1. The van der Waals surface area contributed by atoms with Gasteiger partial charge in [-0.3, -0.25) is 9.10 Å². The topological polar surface area (TPSA) is 113 Å². The molecule has 0 aliphatic carbocycles. The van der Waals surface area contributed by atoms with Crippen LogP contribution in [0.15, 0.2) is 47.4 Å². The Morgan fingerprint density at radius 2 is 1.74 bits per heavy atom. The standard InChI is InChI=1S/C20H25N3O6S2/c1-15-7-8-16(13-19(15)31(27,28)23-9-11-29-12-10-23)20(24)21-17-5-4-6-18(14-17)22(2)30(3,25)26/h4-8,13-14H,9-12H2,1-3H3,(H,21,24). The third-order valence-electron chi connectivity index (χ3n) is 5.00. The maximum atomic E-state index is 13.0. The summed E-state index contributed by atoms with van der Waals surface area (Å²) in [5, 5.41) is 2.69. The smallest absolute Gasteiger partial charge is 0.255 e. The molecular weight excluding hydrogens is 442 g/mol.